The fourth-order valence-electron chi connectivity index (χ4n) is 2.04. The second-order valence-corrected chi connectivity index (χ2v) is 4.73. The van der Waals surface area contributed by atoms with Crippen LogP contribution >= 0.6 is 0 Å². The molecule has 8 heteroatoms. The Bertz CT molecular complexity index is 566. The molecule has 0 saturated carbocycles. The van der Waals surface area contributed by atoms with E-state index in [-0.39, 0.29) is 32.0 Å². The number of halogens is 1. The van der Waals surface area contributed by atoms with Gasteiger partial charge in [0.05, 0.1) is 24.5 Å². The van der Waals surface area contributed by atoms with E-state index in [0.29, 0.717) is 5.69 Å². The third kappa shape index (κ3) is 3.85. The number of nitrogens with one attached hydrogen (secondary N) is 1. The molecule has 1 saturated heterocycles. The van der Waals surface area contributed by atoms with Crippen LogP contribution in [0.5, 0.6) is 0 Å². The molecule has 2 rings (SSSR count). The van der Waals surface area contributed by atoms with E-state index in [1.807, 2.05) is 0 Å². The zero-order chi connectivity index (χ0) is 16.1. The zero-order valence-corrected chi connectivity index (χ0v) is 12.0. The van der Waals surface area contributed by atoms with Crippen molar-refractivity contribution in [3.63, 3.8) is 0 Å². The smallest absolute Gasteiger partial charge is 0.414 e. The van der Waals surface area contributed by atoms with E-state index in [1.54, 1.807) is 6.07 Å². The van der Waals surface area contributed by atoms with E-state index in [9.17, 15) is 14.0 Å². The first-order chi connectivity index (χ1) is 10.5. The molecular weight excluding hydrogens is 295 g/mol. The molecule has 1 heterocycles. The Morgan fingerprint density at radius 2 is 2.36 bits per heavy atom. The molecule has 0 aliphatic carbocycles. The van der Waals surface area contributed by atoms with Gasteiger partial charge in [0, 0.05) is 13.5 Å². The lowest BCUT2D eigenvalue weighted by Crippen LogP contribution is -2.26. The summed E-state index contributed by atoms with van der Waals surface area (Å²) in [4.78, 5) is 23.8. The summed E-state index contributed by atoms with van der Waals surface area (Å²) in [6, 6.07) is 4.25. The second kappa shape index (κ2) is 7.08. The van der Waals surface area contributed by atoms with Crippen molar-refractivity contribution in [1.29, 1.82) is 0 Å². The van der Waals surface area contributed by atoms with Crippen LogP contribution < -0.4 is 10.2 Å². The zero-order valence-electron chi connectivity index (χ0n) is 12.0. The number of anilines is 2. The van der Waals surface area contributed by atoms with E-state index in [4.69, 9.17) is 14.6 Å². The molecule has 0 aromatic heterocycles. The molecule has 1 aromatic carbocycles. The number of aliphatic hydroxyl groups is 1. The molecule has 0 radical (unpaired) electrons. The van der Waals surface area contributed by atoms with Crippen LogP contribution in [0.1, 0.15) is 6.92 Å². The number of carbonyl (C=O) groups excluding carboxylic acids is 2. The third-order valence-corrected chi connectivity index (χ3v) is 3.04. The molecule has 1 atom stereocenters. The van der Waals surface area contributed by atoms with Gasteiger partial charge in [0.2, 0.25) is 0 Å². The molecule has 1 aliphatic rings. The van der Waals surface area contributed by atoms with Gasteiger partial charge in [-0.05, 0) is 18.2 Å². The highest BCUT2D eigenvalue weighted by molar-refractivity contribution is 5.90. The fourth-order valence-corrected chi connectivity index (χ4v) is 2.04. The van der Waals surface area contributed by atoms with Gasteiger partial charge >= 0.3 is 12.1 Å². The molecule has 22 heavy (non-hydrogen) atoms. The van der Waals surface area contributed by atoms with Gasteiger partial charge < -0.3 is 19.9 Å². The molecule has 120 valence electrons. The largest absolute Gasteiger partial charge is 0.462 e. The standard InChI is InChI=1S/C14H17FN2O5/c1-9(19)21-8-11-7-17(14(20)22-11)10-2-3-13(12(15)6-10)16-4-5-18/h2-3,6,11,16,18H,4-5,7-8H2,1H3. The lowest BCUT2D eigenvalue weighted by molar-refractivity contribution is -0.143. The van der Waals surface area contributed by atoms with Gasteiger partial charge in [-0.3, -0.25) is 9.69 Å². The highest BCUT2D eigenvalue weighted by Gasteiger charge is 2.33. The molecule has 7 nitrogen and oxygen atoms in total. The maximum Gasteiger partial charge on any atom is 0.414 e. The molecule has 0 bridgehead atoms. The van der Waals surface area contributed by atoms with Gasteiger partial charge in [0.1, 0.15) is 12.4 Å². The first-order valence-corrected chi connectivity index (χ1v) is 6.77. The molecule has 1 amide bonds. The maximum atomic E-state index is 13.9. The lowest BCUT2D eigenvalue weighted by Gasteiger charge is -2.14. The minimum atomic E-state index is -0.618. The Kier molecular flexibility index (Phi) is 5.16. The molecule has 1 aliphatic heterocycles. The van der Waals surface area contributed by atoms with Crippen molar-refractivity contribution < 1.29 is 28.6 Å². The van der Waals surface area contributed by atoms with Gasteiger partial charge in [-0.1, -0.05) is 0 Å². The summed E-state index contributed by atoms with van der Waals surface area (Å²) >= 11 is 0. The SMILES string of the molecule is CC(=O)OCC1CN(c2ccc(NCCO)c(F)c2)C(=O)O1. The Morgan fingerprint density at radius 1 is 1.59 bits per heavy atom. The average Bonchev–Trinajstić information content (AvgIpc) is 2.85. The van der Waals surface area contributed by atoms with E-state index in [0.717, 1.165) is 0 Å². The van der Waals surface area contributed by atoms with Crippen LogP contribution in [0.15, 0.2) is 18.2 Å². The van der Waals surface area contributed by atoms with Crippen molar-refractivity contribution >= 4 is 23.4 Å². The van der Waals surface area contributed by atoms with Crippen molar-refractivity contribution in [3.8, 4) is 0 Å². The number of carbonyl (C=O) groups is 2. The average molecular weight is 312 g/mol. The number of esters is 1. The summed E-state index contributed by atoms with van der Waals surface area (Å²) in [6.07, 6.45) is -1.20. The second-order valence-electron chi connectivity index (χ2n) is 4.73. The van der Waals surface area contributed by atoms with Gasteiger partial charge in [-0.15, -0.1) is 0 Å². The minimum Gasteiger partial charge on any atom is -0.462 e. The summed E-state index contributed by atoms with van der Waals surface area (Å²) in [5.74, 6) is -0.998. The molecular formula is C14H17FN2O5. The molecule has 0 spiro atoms. The number of aliphatic hydroxyl groups excluding tert-OH is 1. The van der Waals surface area contributed by atoms with E-state index in [1.165, 1.54) is 24.0 Å². The molecule has 1 unspecified atom stereocenters. The normalized spacial score (nSPS) is 17.3. The van der Waals surface area contributed by atoms with Gasteiger partial charge in [0.25, 0.3) is 0 Å². The van der Waals surface area contributed by atoms with Gasteiger partial charge in [-0.25, -0.2) is 9.18 Å². The van der Waals surface area contributed by atoms with Crippen LogP contribution in [0.2, 0.25) is 0 Å². The Morgan fingerprint density at radius 3 is 3.00 bits per heavy atom. The maximum absolute atomic E-state index is 13.9. The molecule has 1 aromatic rings. The molecule has 1 fully saturated rings. The third-order valence-electron chi connectivity index (χ3n) is 3.04. The summed E-state index contributed by atoms with van der Waals surface area (Å²) in [7, 11) is 0. The van der Waals surface area contributed by atoms with E-state index in [2.05, 4.69) is 5.32 Å². The molecule has 2 N–H and O–H groups in total. The number of amides is 1. The van der Waals surface area contributed by atoms with Crippen molar-refractivity contribution in [2.45, 2.75) is 13.0 Å². The Labute approximate surface area is 126 Å². The van der Waals surface area contributed by atoms with Gasteiger partial charge in [-0.2, -0.15) is 0 Å². The van der Waals surface area contributed by atoms with Crippen LogP contribution in [0.25, 0.3) is 0 Å². The number of benzene rings is 1. The van der Waals surface area contributed by atoms with Crippen LogP contribution in [-0.2, 0) is 14.3 Å². The number of cyclic esters (lactones) is 1. The fraction of sp³-hybridized carbons (Fsp3) is 0.429. The van der Waals surface area contributed by atoms with Crippen molar-refractivity contribution in [2.24, 2.45) is 0 Å². The van der Waals surface area contributed by atoms with Crippen molar-refractivity contribution in [3.05, 3.63) is 24.0 Å². The number of nitrogens with zero attached hydrogens (tertiary/aromatic N) is 1. The summed E-state index contributed by atoms with van der Waals surface area (Å²) in [5.41, 5.74) is 0.587. The first kappa shape index (κ1) is 16.0. The van der Waals surface area contributed by atoms with Crippen molar-refractivity contribution in [1.82, 2.24) is 0 Å². The van der Waals surface area contributed by atoms with E-state index < -0.39 is 24.0 Å². The Balaban J connectivity index is 2.03. The van der Waals surface area contributed by atoms with Crippen LogP contribution in [0.4, 0.5) is 20.6 Å². The monoisotopic (exact) mass is 312 g/mol. The topological polar surface area (TPSA) is 88.1 Å². The quantitative estimate of drug-likeness (QED) is 0.765. The summed E-state index contributed by atoms with van der Waals surface area (Å²) < 4.78 is 23.8. The number of hydrogen-bond donors (Lipinski definition) is 2. The highest BCUT2D eigenvalue weighted by atomic mass is 19.1. The number of rotatable bonds is 6. The number of hydrogen-bond acceptors (Lipinski definition) is 6. The van der Waals surface area contributed by atoms with Crippen LogP contribution in [0, 0.1) is 5.82 Å². The van der Waals surface area contributed by atoms with E-state index >= 15 is 0 Å². The number of ether oxygens (including phenoxy) is 2. The lowest BCUT2D eigenvalue weighted by atomic mass is 10.2. The minimum absolute atomic E-state index is 0.0316. The summed E-state index contributed by atoms with van der Waals surface area (Å²) in [6.45, 7) is 1.52. The predicted molar refractivity (Wildman–Crippen MR) is 76.2 cm³/mol. The van der Waals surface area contributed by atoms with Crippen LogP contribution in [0.3, 0.4) is 0 Å². The highest BCUT2D eigenvalue weighted by Crippen LogP contribution is 2.26. The Hall–Kier alpha value is -2.35. The predicted octanol–water partition coefficient (Wildman–Crippen LogP) is 1.12. The van der Waals surface area contributed by atoms with Crippen molar-refractivity contribution in [2.75, 3.05) is 36.5 Å². The summed E-state index contributed by atoms with van der Waals surface area (Å²) in [5, 5.41) is 11.4. The van der Waals surface area contributed by atoms with Gasteiger partial charge in [0.15, 0.2) is 6.10 Å². The first-order valence-electron chi connectivity index (χ1n) is 6.77. The van der Waals surface area contributed by atoms with Crippen LogP contribution in [-0.4, -0.2) is 49.6 Å².